The Morgan fingerprint density at radius 3 is 2.38 bits per heavy atom. The molecule has 4 nitrogen and oxygen atoms in total. The van der Waals surface area contributed by atoms with E-state index < -0.39 is 10.0 Å². The largest absolute Gasteiger partial charge is 0.329 e. The molecule has 0 saturated heterocycles. The van der Waals surface area contributed by atoms with E-state index in [0.717, 1.165) is 15.2 Å². The lowest BCUT2D eigenvalue weighted by Crippen LogP contribution is -2.39. The van der Waals surface area contributed by atoms with Crippen LogP contribution in [0.2, 0.25) is 0 Å². The second-order valence-electron chi connectivity index (χ2n) is 4.76. The summed E-state index contributed by atoms with van der Waals surface area (Å²) in [6, 6.07) is 10.6. The fourth-order valence-electron chi connectivity index (χ4n) is 1.91. The maximum absolute atomic E-state index is 12.5. The summed E-state index contributed by atoms with van der Waals surface area (Å²) in [7, 11) is -1.96. The van der Waals surface area contributed by atoms with Gasteiger partial charge < -0.3 is 5.73 Å². The van der Waals surface area contributed by atoms with E-state index in [4.69, 9.17) is 5.73 Å². The molecular weight excluding hydrogens is 376 g/mol. The minimum Gasteiger partial charge on any atom is -0.329 e. The topological polar surface area (TPSA) is 63.4 Å². The molecule has 2 N–H and O–H groups in total. The van der Waals surface area contributed by atoms with E-state index in [1.165, 1.54) is 4.31 Å². The van der Waals surface area contributed by atoms with Gasteiger partial charge in [-0.05, 0) is 42.0 Å². The molecule has 0 aliphatic carbocycles. The molecule has 2 aromatic rings. The Bertz CT molecular complexity index is 737. The van der Waals surface area contributed by atoms with E-state index in [2.05, 4.69) is 15.9 Å². The lowest BCUT2D eigenvalue weighted by molar-refractivity contribution is 0.394. The summed E-state index contributed by atoms with van der Waals surface area (Å²) < 4.78 is 27.3. The highest BCUT2D eigenvalue weighted by atomic mass is 79.9. The number of likely N-dealkylation sites (N-methyl/N-ethyl adjacent to an activating group) is 1. The molecule has 0 fully saturated rings. The van der Waals surface area contributed by atoms with Crippen molar-refractivity contribution in [2.45, 2.75) is 17.9 Å². The van der Waals surface area contributed by atoms with Crippen molar-refractivity contribution < 1.29 is 8.42 Å². The van der Waals surface area contributed by atoms with Gasteiger partial charge in [0.15, 0.2) is 0 Å². The molecule has 0 aliphatic rings. The van der Waals surface area contributed by atoms with Gasteiger partial charge in [0.2, 0.25) is 10.0 Å². The maximum atomic E-state index is 12.5. The van der Waals surface area contributed by atoms with E-state index in [-0.39, 0.29) is 29.9 Å². The Morgan fingerprint density at radius 2 is 1.76 bits per heavy atom. The normalized spacial score (nSPS) is 13.2. The van der Waals surface area contributed by atoms with Gasteiger partial charge in [0, 0.05) is 24.1 Å². The van der Waals surface area contributed by atoms with Crippen molar-refractivity contribution in [1.82, 2.24) is 4.31 Å². The molecule has 0 aliphatic heterocycles. The van der Waals surface area contributed by atoms with Crippen LogP contribution < -0.4 is 5.73 Å². The van der Waals surface area contributed by atoms with E-state index in [9.17, 15) is 8.42 Å². The minimum atomic E-state index is -3.51. The molecular formula is C14H18BrClN2O2S. The Hall–Kier alpha value is -0.660. The summed E-state index contributed by atoms with van der Waals surface area (Å²) in [5, 5.41) is 1.89. The van der Waals surface area contributed by atoms with E-state index in [0.29, 0.717) is 0 Å². The van der Waals surface area contributed by atoms with Gasteiger partial charge in [0.05, 0.1) is 4.90 Å². The van der Waals surface area contributed by atoms with Crippen LogP contribution in [0, 0.1) is 0 Å². The first-order chi connectivity index (χ1) is 9.36. The Kier molecular flexibility index (Phi) is 6.19. The Labute approximate surface area is 139 Å². The second-order valence-corrected chi connectivity index (χ2v) is 7.67. The summed E-state index contributed by atoms with van der Waals surface area (Å²) in [5.74, 6) is 0. The summed E-state index contributed by atoms with van der Waals surface area (Å²) in [6.07, 6.45) is 0. The van der Waals surface area contributed by atoms with Crippen LogP contribution in [0.15, 0.2) is 45.8 Å². The molecule has 2 rings (SSSR count). The maximum Gasteiger partial charge on any atom is 0.243 e. The van der Waals surface area contributed by atoms with Crippen LogP contribution in [0.1, 0.15) is 6.92 Å². The van der Waals surface area contributed by atoms with Gasteiger partial charge in [-0.3, -0.25) is 0 Å². The van der Waals surface area contributed by atoms with Crippen LogP contribution in [0.3, 0.4) is 0 Å². The van der Waals surface area contributed by atoms with Crippen LogP contribution in [0.4, 0.5) is 0 Å². The van der Waals surface area contributed by atoms with E-state index >= 15 is 0 Å². The first kappa shape index (κ1) is 18.4. The third-order valence-electron chi connectivity index (χ3n) is 3.41. The highest BCUT2D eigenvalue weighted by molar-refractivity contribution is 9.10. The molecule has 7 heteroatoms. The summed E-state index contributed by atoms with van der Waals surface area (Å²) in [4.78, 5) is 0.287. The molecule has 0 radical (unpaired) electrons. The number of benzene rings is 2. The number of hydrogen-bond donors (Lipinski definition) is 1. The van der Waals surface area contributed by atoms with Crippen molar-refractivity contribution in [2.75, 3.05) is 13.6 Å². The number of hydrogen-bond acceptors (Lipinski definition) is 3. The fourth-order valence-corrected chi connectivity index (χ4v) is 3.69. The Balaban J connectivity index is 0.00000220. The monoisotopic (exact) mass is 392 g/mol. The average Bonchev–Trinajstić information content (AvgIpc) is 2.44. The van der Waals surface area contributed by atoms with Crippen molar-refractivity contribution in [3.8, 4) is 0 Å². The zero-order valence-corrected chi connectivity index (χ0v) is 15.0. The van der Waals surface area contributed by atoms with Gasteiger partial charge in [-0.15, -0.1) is 12.4 Å². The summed E-state index contributed by atoms with van der Waals surface area (Å²) in [6.45, 7) is 2.08. The predicted octanol–water partition coefficient (Wildman–Crippen LogP) is 2.99. The van der Waals surface area contributed by atoms with Crippen molar-refractivity contribution in [3.63, 3.8) is 0 Å². The van der Waals surface area contributed by atoms with Crippen LogP contribution in [-0.4, -0.2) is 32.4 Å². The van der Waals surface area contributed by atoms with Crippen LogP contribution >= 0.6 is 28.3 Å². The van der Waals surface area contributed by atoms with Gasteiger partial charge in [-0.1, -0.05) is 28.1 Å². The lowest BCUT2D eigenvalue weighted by Gasteiger charge is -2.23. The smallest absolute Gasteiger partial charge is 0.243 e. The van der Waals surface area contributed by atoms with Crippen molar-refractivity contribution in [1.29, 1.82) is 0 Å². The predicted molar refractivity (Wildman–Crippen MR) is 92.4 cm³/mol. The quantitative estimate of drug-likeness (QED) is 0.868. The molecule has 0 bridgehead atoms. The molecule has 0 spiro atoms. The number of nitrogens with two attached hydrogens (primary N) is 1. The third kappa shape index (κ3) is 3.76. The molecule has 21 heavy (non-hydrogen) atoms. The van der Waals surface area contributed by atoms with Crippen LogP contribution in [0.5, 0.6) is 0 Å². The highest BCUT2D eigenvalue weighted by Crippen LogP contribution is 2.24. The zero-order chi connectivity index (χ0) is 14.9. The van der Waals surface area contributed by atoms with Gasteiger partial charge in [0.1, 0.15) is 0 Å². The standard InChI is InChI=1S/C14H17BrN2O2S.ClH/c1-10(9-16)17(2)20(18,19)14-6-4-11-7-13(15)5-3-12(11)8-14;/h3-8,10H,9,16H2,1-2H3;1H. The molecule has 0 amide bonds. The zero-order valence-electron chi connectivity index (χ0n) is 11.8. The lowest BCUT2D eigenvalue weighted by atomic mass is 10.1. The third-order valence-corrected chi connectivity index (χ3v) is 5.87. The summed E-state index contributed by atoms with van der Waals surface area (Å²) in [5.41, 5.74) is 5.54. The molecule has 0 aromatic heterocycles. The number of sulfonamides is 1. The minimum absolute atomic E-state index is 0. The van der Waals surface area contributed by atoms with Crippen LogP contribution in [-0.2, 0) is 10.0 Å². The number of rotatable bonds is 4. The second kappa shape index (κ2) is 7.07. The van der Waals surface area contributed by atoms with E-state index in [1.807, 2.05) is 24.3 Å². The fraction of sp³-hybridized carbons (Fsp3) is 0.286. The van der Waals surface area contributed by atoms with Gasteiger partial charge >= 0.3 is 0 Å². The summed E-state index contributed by atoms with van der Waals surface area (Å²) >= 11 is 3.40. The van der Waals surface area contributed by atoms with Gasteiger partial charge in [-0.2, -0.15) is 4.31 Å². The number of halogens is 2. The molecule has 2 aromatic carbocycles. The molecule has 0 saturated carbocycles. The van der Waals surface area contributed by atoms with Crippen molar-refractivity contribution in [3.05, 3.63) is 40.9 Å². The molecule has 116 valence electrons. The highest BCUT2D eigenvalue weighted by Gasteiger charge is 2.24. The number of nitrogens with zero attached hydrogens (tertiary/aromatic N) is 1. The van der Waals surface area contributed by atoms with Gasteiger partial charge in [0.25, 0.3) is 0 Å². The van der Waals surface area contributed by atoms with Crippen LogP contribution in [0.25, 0.3) is 10.8 Å². The first-order valence-electron chi connectivity index (χ1n) is 6.23. The van der Waals surface area contributed by atoms with Crippen molar-refractivity contribution in [2.24, 2.45) is 5.73 Å². The SMILES string of the molecule is CC(CN)N(C)S(=O)(=O)c1ccc2cc(Br)ccc2c1.Cl. The average molecular weight is 394 g/mol. The Morgan fingerprint density at radius 1 is 1.19 bits per heavy atom. The van der Waals surface area contributed by atoms with Gasteiger partial charge in [-0.25, -0.2) is 8.42 Å². The van der Waals surface area contributed by atoms with E-state index in [1.54, 1.807) is 26.1 Å². The molecule has 1 atom stereocenters. The first-order valence-corrected chi connectivity index (χ1v) is 8.47. The molecule has 0 heterocycles. The molecule has 1 unspecified atom stereocenters. The van der Waals surface area contributed by atoms with Crippen molar-refractivity contribution >= 4 is 49.1 Å². The number of fused-ring (bicyclic) bond motifs is 1.